The Hall–Kier alpha value is -4.23. The van der Waals surface area contributed by atoms with Crippen LogP contribution in [-0.4, -0.2) is 34.4 Å². The van der Waals surface area contributed by atoms with Crippen molar-refractivity contribution in [3.63, 3.8) is 0 Å². The third-order valence-corrected chi connectivity index (χ3v) is 5.25. The number of amides is 2. The van der Waals surface area contributed by atoms with E-state index < -0.39 is 5.91 Å². The highest BCUT2D eigenvalue weighted by Gasteiger charge is 2.12. The van der Waals surface area contributed by atoms with Gasteiger partial charge in [-0.2, -0.15) is 10.2 Å². The SMILES string of the molecule is Cc1ccc(-c2nn(-c3ccccc3)cc2/C=N\NC(=O)CNC(=O)c2ccc(Cl)cc2)cc1. The molecule has 7 nitrogen and oxygen atoms in total. The normalized spacial score (nSPS) is 10.9. The van der Waals surface area contributed by atoms with E-state index in [-0.39, 0.29) is 12.5 Å². The Balaban J connectivity index is 1.45. The van der Waals surface area contributed by atoms with Crippen molar-refractivity contribution >= 4 is 29.6 Å². The van der Waals surface area contributed by atoms with Gasteiger partial charge in [-0.1, -0.05) is 59.6 Å². The molecule has 2 amide bonds. The fraction of sp³-hybridized carbons (Fsp3) is 0.0769. The second-order valence-corrected chi connectivity index (χ2v) is 8.00. The third kappa shape index (κ3) is 5.76. The van der Waals surface area contributed by atoms with Gasteiger partial charge in [0.05, 0.1) is 18.4 Å². The molecule has 0 radical (unpaired) electrons. The molecule has 0 aliphatic rings. The van der Waals surface area contributed by atoms with Gasteiger partial charge in [0.15, 0.2) is 0 Å². The van der Waals surface area contributed by atoms with Crippen molar-refractivity contribution in [2.45, 2.75) is 6.92 Å². The van der Waals surface area contributed by atoms with Crippen molar-refractivity contribution in [2.24, 2.45) is 5.10 Å². The molecule has 0 aliphatic heterocycles. The number of para-hydroxylation sites is 1. The topological polar surface area (TPSA) is 88.4 Å². The third-order valence-electron chi connectivity index (χ3n) is 5.00. The van der Waals surface area contributed by atoms with Crippen LogP contribution in [0.2, 0.25) is 5.02 Å². The molecule has 0 saturated heterocycles. The van der Waals surface area contributed by atoms with Crippen LogP contribution >= 0.6 is 11.6 Å². The van der Waals surface area contributed by atoms with Gasteiger partial charge < -0.3 is 5.32 Å². The summed E-state index contributed by atoms with van der Waals surface area (Å²) >= 11 is 5.83. The van der Waals surface area contributed by atoms with E-state index in [1.807, 2.05) is 67.7 Å². The average molecular weight is 472 g/mol. The minimum Gasteiger partial charge on any atom is -0.343 e. The molecule has 0 unspecified atom stereocenters. The molecule has 3 aromatic carbocycles. The van der Waals surface area contributed by atoms with Crippen molar-refractivity contribution in [1.82, 2.24) is 20.5 Å². The molecule has 8 heteroatoms. The van der Waals surface area contributed by atoms with Gasteiger partial charge in [0.25, 0.3) is 11.8 Å². The van der Waals surface area contributed by atoms with Crippen molar-refractivity contribution in [2.75, 3.05) is 6.54 Å². The molecule has 0 atom stereocenters. The summed E-state index contributed by atoms with van der Waals surface area (Å²) in [7, 11) is 0. The van der Waals surface area contributed by atoms with Gasteiger partial charge >= 0.3 is 0 Å². The maximum Gasteiger partial charge on any atom is 0.259 e. The van der Waals surface area contributed by atoms with E-state index in [4.69, 9.17) is 16.7 Å². The predicted octanol–water partition coefficient (Wildman–Crippen LogP) is 4.38. The molecule has 1 heterocycles. The summed E-state index contributed by atoms with van der Waals surface area (Å²) in [6, 6.07) is 24.2. The van der Waals surface area contributed by atoms with Crippen LogP contribution in [0.4, 0.5) is 0 Å². The van der Waals surface area contributed by atoms with Gasteiger partial charge in [-0.25, -0.2) is 10.1 Å². The second-order valence-electron chi connectivity index (χ2n) is 7.56. The number of hydrazone groups is 1. The van der Waals surface area contributed by atoms with Gasteiger partial charge in [-0.3, -0.25) is 9.59 Å². The summed E-state index contributed by atoms with van der Waals surface area (Å²) in [5, 5.41) is 11.9. The summed E-state index contributed by atoms with van der Waals surface area (Å²) in [5.74, 6) is -0.826. The van der Waals surface area contributed by atoms with Crippen molar-refractivity contribution in [1.29, 1.82) is 0 Å². The highest BCUT2D eigenvalue weighted by Crippen LogP contribution is 2.23. The maximum absolute atomic E-state index is 12.2. The molecule has 0 aliphatic carbocycles. The van der Waals surface area contributed by atoms with Crippen LogP contribution in [0.5, 0.6) is 0 Å². The molecule has 4 aromatic rings. The molecular weight excluding hydrogens is 450 g/mol. The zero-order valence-electron chi connectivity index (χ0n) is 18.4. The molecule has 0 saturated carbocycles. The number of aryl methyl sites for hydroxylation is 1. The number of rotatable bonds is 7. The molecule has 4 rings (SSSR count). The zero-order valence-corrected chi connectivity index (χ0v) is 19.2. The second kappa shape index (κ2) is 10.6. The van der Waals surface area contributed by atoms with Crippen molar-refractivity contribution in [3.05, 3.63) is 107 Å². The van der Waals surface area contributed by atoms with Gasteiger partial charge in [-0.15, -0.1) is 0 Å². The van der Waals surface area contributed by atoms with Crippen LogP contribution < -0.4 is 10.7 Å². The van der Waals surface area contributed by atoms with Gasteiger partial charge in [0.1, 0.15) is 5.69 Å². The first-order valence-corrected chi connectivity index (χ1v) is 11.0. The number of aromatic nitrogens is 2. The predicted molar refractivity (Wildman–Crippen MR) is 133 cm³/mol. The minimum atomic E-state index is -0.453. The van der Waals surface area contributed by atoms with E-state index in [1.165, 1.54) is 0 Å². The monoisotopic (exact) mass is 471 g/mol. The van der Waals surface area contributed by atoms with E-state index in [9.17, 15) is 9.59 Å². The summed E-state index contributed by atoms with van der Waals surface area (Å²) in [6.07, 6.45) is 3.39. The fourth-order valence-corrected chi connectivity index (χ4v) is 3.33. The number of nitrogens with zero attached hydrogens (tertiary/aromatic N) is 3. The Morgan fingerprint density at radius 2 is 1.71 bits per heavy atom. The molecule has 0 spiro atoms. The first-order valence-electron chi connectivity index (χ1n) is 10.6. The Morgan fingerprint density at radius 3 is 2.41 bits per heavy atom. The van der Waals surface area contributed by atoms with Crippen LogP contribution in [0.25, 0.3) is 16.9 Å². The lowest BCUT2D eigenvalue weighted by molar-refractivity contribution is -0.120. The Bertz CT molecular complexity index is 1310. The number of nitrogens with one attached hydrogen (secondary N) is 2. The maximum atomic E-state index is 12.2. The van der Waals surface area contributed by atoms with E-state index >= 15 is 0 Å². The Kier molecular flexibility index (Phi) is 7.15. The molecule has 170 valence electrons. The number of halogens is 1. The first kappa shape index (κ1) is 22.9. The highest BCUT2D eigenvalue weighted by atomic mass is 35.5. The van der Waals surface area contributed by atoms with E-state index in [0.29, 0.717) is 10.6 Å². The lowest BCUT2D eigenvalue weighted by Crippen LogP contribution is -2.34. The molecule has 0 bridgehead atoms. The smallest absolute Gasteiger partial charge is 0.259 e. The van der Waals surface area contributed by atoms with Crippen molar-refractivity contribution < 1.29 is 9.59 Å². The van der Waals surface area contributed by atoms with Gasteiger partial charge in [0.2, 0.25) is 0 Å². The first-order chi connectivity index (χ1) is 16.5. The summed E-state index contributed by atoms with van der Waals surface area (Å²) in [6.45, 7) is 1.81. The lowest BCUT2D eigenvalue weighted by atomic mass is 10.1. The molecular formula is C26H22ClN5O2. The van der Waals surface area contributed by atoms with E-state index in [2.05, 4.69) is 15.8 Å². The summed E-state index contributed by atoms with van der Waals surface area (Å²) in [5.41, 5.74) is 7.31. The molecule has 0 fully saturated rings. The van der Waals surface area contributed by atoms with Gasteiger partial charge in [-0.05, 0) is 43.3 Å². The quantitative estimate of drug-likeness (QED) is 0.309. The number of hydrogen-bond acceptors (Lipinski definition) is 4. The number of benzene rings is 3. The summed E-state index contributed by atoms with van der Waals surface area (Å²) in [4.78, 5) is 24.3. The fourth-order valence-electron chi connectivity index (χ4n) is 3.21. The highest BCUT2D eigenvalue weighted by molar-refractivity contribution is 6.30. The largest absolute Gasteiger partial charge is 0.343 e. The van der Waals surface area contributed by atoms with E-state index in [1.54, 1.807) is 35.2 Å². The van der Waals surface area contributed by atoms with Crippen LogP contribution in [0.15, 0.2) is 90.2 Å². The molecule has 2 N–H and O–H groups in total. The van der Waals surface area contributed by atoms with Crippen LogP contribution in [-0.2, 0) is 4.79 Å². The number of hydrogen-bond donors (Lipinski definition) is 2. The minimum absolute atomic E-state index is 0.215. The van der Waals surface area contributed by atoms with Gasteiger partial charge in [0, 0.05) is 27.9 Å². The number of carbonyl (C=O) groups is 2. The summed E-state index contributed by atoms with van der Waals surface area (Å²) < 4.78 is 1.77. The number of carbonyl (C=O) groups excluding carboxylic acids is 2. The standard InChI is InChI=1S/C26H22ClN5O2/c1-18-7-9-19(10-8-18)25-21(17-32(31-25)23-5-3-2-4-6-23)15-29-30-24(33)16-28-26(34)20-11-13-22(27)14-12-20/h2-15,17H,16H2,1H3,(H,28,34)(H,30,33)/b29-15-. The zero-order chi connectivity index (χ0) is 23.9. The van der Waals surface area contributed by atoms with Crippen LogP contribution in [0.1, 0.15) is 21.5 Å². The van der Waals surface area contributed by atoms with Crippen LogP contribution in [0, 0.1) is 6.92 Å². The molecule has 34 heavy (non-hydrogen) atoms. The average Bonchev–Trinajstić information content (AvgIpc) is 3.28. The van der Waals surface area contributed by atoms with Crippen LogP contribution in [0.3, 0.4) is 0 Å². The van der Waals surface area contributed by atoms with E-state index in [0.717, 1.165) is 28.1 Å². The Labute approximate surface area is 202 Å². The Morgan fingerprint density at radius 1 is 1.00 bits per heavy atom. The lowest BCUT2D eigenvalue weighted by Gasteiger charge is -2.04. The van der Waals surface area contributed by atoms with Crippen molar-refractivity contribution in [3.8, 4) is 16.9 Å². The molecule has 1 aromatic heterocycles.